The lowest BCUT2D eigenvalue weighted by atomic mass is 10.3. The van der Waals surface area contributed by atoms with Crippen LogP contribution in [0.1, 0.15) is 0 Å². The van der Waals surface area contributed by atoms with Crippen molar-refractivity contribution in [1.29, 1.82) is 0 Å². The monoisotopic (exact) mass is 314 g/mol. The molecule has 2 aromatic heterocycles. The fraction of sp³-hybridized carbons (Fsp3) is 0. The molecule has 0 aliphatic heterocycles. The van der Waals surface area contributed by atoms with Crippen LogP contribution in [0.2, 0.25) is 0 Å². The summed E-state index contributed by atoms with van der Waals surface area (Å²) in [6.07, 6.45) is 3.36. The standard InChI is InChI=1S/C9H7IN4O/c10-7-4-8(14-15)13-9(12-7)6-2-1-3-11-5-6/h1-5,15H,(H,12,13,14). The van der Waals surface area contributed by atoms with Crippen molar-refractivity contribution in [1.82, 2.24) is 15.0 Å². The van der Waals surface area contributed by atoms with Gasteiger partial charge in [-0.2, -0.15) is 0 Å². The molecule has 5 nitrogen and oxygen atoms in total. The van der Waals surface area contributed by atoms with E-state index in [1.165, 1.54) is 0 Å². The average molecular weight is 314 g/mol. The van der Waals surface area contributed by atoms with Gasteiger partial charge in [0.25, 0.3) is 0 Å². The molecule has 0 atom stereocenters. The van der Waals surface area contributed by atoms with Gasteiger partial charge in [-0.05, 0) is 34.7 Å². The van der Waals surface area contributed by atoms with Crippen molar-refractivity contribution >= 4 is 28.4 Å². The molecule has 0 spiro atoms. The van der Waals surface area contributed by atoms with Gasteiger partial charge in [-0.1, -0.05) is 0 Å². The molecule has 0 aliphatic carbocycles. The fourth-order valence-corrected chi connectivity index (χ4v) is 1.62. The lowest BCUT2D eigenvalue weighted by molar-refractivity contribution is 0.386. The molecule has 0 amide bonds. The maximum atomic E-state index is 8.77. The molecule has 0 aromatic carbocycles. The number of halogens is 1. The predicted octanol–water partition coefficient (Wildman–Crippen LogP) is 1.94. The van der Waals surface area contributed by atoms with Gasteiger partial charge in [-0.3, -0.25) is 15.7 Å². The summed E-state index contributed by atoms with van der Waals surface area (Å²) in [5.74, 6) is 0.903. The number of rotatable bonds is 2. The SMILES string of the molecule is ONc1cc(I)nc(-c2cccnc2)n1. The molecule has 0 aliphatic rings. The summed E-state index contributed by atoms with van der Waals surface area (Å²) in [5.41, 5.74) is 2.81. The largest absolute Gasteiger partial charge is 0.290 e. The molecule has 0 radical (unpaired) electrons. The van der Waals surface area contributed by atoms with Gasteiger partial charge < -0.3 is 0 Å². The Bertz CT molecular complexity index is 463. The van der Waals surface area contributed by atoms with Crippen molar-refractivity contribution < 1.29 is 5.21 Å². The van der Waals surface area contributed by atoms with Crippen LogP contribution < -0.4 is 5.48 Å². The topological polar surface area (TPSA) is 70.9 Å². The predicted molar refractivity (Wildman–Crippen MR) is 63.4 cm³/mol. The van der Waals surface area contributed by atoms with E-state index in [1.54, 1.807) is 18.5 Å². The molecule has 6 heteroatoms. The highest BCUT2D eigenvalue weighted by Crippen LogP contribution is 2.17. The van der Waals surface area contributed by atoms with Gasteiger partial charge in [-0.25, -0.2) is 9.97 Å². The first-order valence-electron chi connectivity index (χ1n) is 4.14. The number of aromatic nitrogens is 3. The van der Waals surface area contributed by atoms with Crippen LogP contribution in [0.5, 0.6) is 0 Å². The van der Waals surface area contributed by atoms with E-state index < -0.39 is 0 Å². The van der Waals surface area contributed by atoms with Crippen LogP contribution in [-0.4, -0.2) is 20.2 Å². The van der Waals surface area contributed by atoms with Crippen molar-refractivity contribution in [3.8, 4) is 11.4 Å². The number of pyridine rings is 1. The lowest BCUT2D eigenvalue weighted by Crippen LogP contribution is -1.98. The summed E-state index contributed by atoms with van der Waals surface area (Å²) < 4.78 is 0.748. The van der Waals surface area contributed by atoms with Gasteiger partial charge in [0.2, 0.25) is 0 Å². The minimum atomic E-state index is 0.369. The van der Waals surface area contributed by atoms with Gasteiger partial charge in [0.05, 0.1) is 0 Å². The van der Waals surface area contributed by atoms with E-state index in [4.69, 9.17) is 5.21 Å². The molecule has 0 fully saturated rings. The van der Waals surface area contributed by atoms with Crippen molar-refractivity contribution in [3.05, 3.63) is 34.3 Å². The molecule has 76 valence electrons. The van der Waals surface area contributed by atoms with Crippen LogP contribution in [-0.2, 0) is 0 Å². The van der Waals surface area contributed by atoms with Crippen LogP contribution in [0.25, 0.3) is 11.4 Å². The number of anilines is 1. The van der Waals surface area contributed by atoms with Crippen molar-refractivity contribution in [2.75, 3.05) is 5.48 Å². The Balaban J connectivity index is 2.49. The highest BCUT2D eigenvalue weighted by molar-refractivity contribution is 14.1. The first kappa shape index (κ1) is 10.2. The van der Waals surface area contributed by atoms with Crippen LogP contribution in [0.4, 0.5) is 5.82 Å². The van der Waals surface area contributed by atoms with Crippen LogP contribution >= 0.6 is 22.6 Å². The third-order valence-corrected chi connectivity index (χ3v) is 2.28. The zero-order valence-corrected chi connectivity index (χ0v) is 9.71. The number of nitrogens with zero attached hydrogens (tertiary/aromatic N) is 3. The summed E-state index contributed by atoms with van der Waals surface area (Å²) in [7, 11) is 0. The third kappa shape index (κ3) is 2.39. The molecule has 2 N–H and O–H groups in total. The van der Waals surface area contributed by atoms with E-state index in [2.05, 4.69) is 37.5 Å². The highest BCUT2D eigenvalue weighted by Gasteiger charge is 2.04. The molecule has 15 heavy (non-hydrogen) atoms. The molecule has 0 saturated carbocycles. The third-order valence-electron chi connectivity index (χ3n) is 1.73. The highest BCUT2D eigenvalue weighted by atomic mass is 127. The van der Waals surface area contributed by atoms with E-state index in [1.807, 2.05) is 17.6 Å². The summed E-state index contributed by atoms with van der Waals surface area (Å²) in [6.45, 7) is 0. The molecule has 2 heterocycles. The van der Waals surface area contributed by atoms with Crippen LogP contribution in [0.15, 0.2) is 30.6 Å². The van der Waals surface area contributed by atoms with E-state index >= 15 is 0 Å². The summed E-state index contributed by atoms with van der Waals surface area (Å²) in [5, 5.41) is 8.77. The average Bonchev–Trinajstić information content (AvgIpc) is 2.29. The zero-order chi connectivity index (χ0) is 10.7. The smallest absolute Gasteiger partial charge is 0.164 e. The second kappa shape index (κ2) is 4.49. The Morgan fingerprint density at radius 1 is 1.33 bits per heavy atom. The Hall–Kier alpha value is -1.28. The number of hydrogen-bond donors (Lipinski definition) is 2. The van der Waals surface area contributed by atoms with Crippen LogP contribution in [0, 0.1) is 3.70 Å². The van der Waals surface area contributed by atoms with Gasteiger partial charge in [-0.15, -0.1) is 0 Å². The van der Waals surface area contributed by atoms with Gasteiger partial charge in [0, 0.05) is 24.0 Å². The second-order valence-corrected chi connectivity index (χ2v) is 3.86. The first-order chi connectivity index (χ1) is 7.29. The lowest BCUT2D eigenvalue weighted by Gasteiger charge is -2.03. The van der Waals surface area contributed by atoms with Gasteiger partial charge in [0.15, 0.2) is 11.6 Å². The normalized spacial score (nSPS) is 10.0. The molecule has 0 bridgehead atoms. The van der Waals surface area contributed by atoms with E-state index in [0.717, 1.165) is 9.26 Å². The van der Waals surface area contributed by atoms with Gasteiger partial charge in [0.1, 0.15) is 3.70 Å². The summed E-state index contributed by atoms with van der Waals surface area (Å²) in [6, 6.07) is 5.31. The Labute approximate surface area is 99.7 Å². The minimum Gasteiger partial charge on any atom is -0.290 e. The fourth-order valence-electron chi connectivity index (χ4n) is 1.10. The van der Waals surface area contributed by atoms with Crippen molar-refractivity contribution in [2.45, 2.75) is 0 Å². The Morgan fingerprint density at radius 3 is 2.87 bits per heavy atom. The molecule has 0 unspecified atom stereocenters. The summed E-state index contributed by atoms with van der Waals surface area (Å²) in [4.78, 5) is 12.3. The minimum absolute atomic E-state index is 0.369. The van der Waals surface area contributed by atoms with E-state index in [0.29, 0.717) is 11.6 Å². The Morgan fingerprint density at radius 2 is 2.20 bits per heavy atom. The first-order valence-corrected chi connectivity index (χ1v) is 5.22. The molecular weight excluding hydrogens is 307 g/mol. The number of hydrogen-bond acceptors (Lipinski definition) is 5. The summed E-state index contributed by atoms with van der Waals surface area (Å²) >= 11 is 2.06. The molecular formula is C9H7IN4O. The van der Waals surface area contributed by atoms with Crippen molar-refractivity contribution in [2.24, 2.45) is 0 Å². The van der Waals surface area contributed by atoms with Crippen LogP contribution in [0.3, 0.4) is 0 Å². The van der Waals surface area contributed by atoms with Gasteiger partial charge >= 0.3 is 0 Å². The van der Waals surface area contributed by atoms with E-state index in [-0.39, 0.29) is 0 Å². The zero-order valence-electron chi connectivity index (χ0n) is 7.55. The molecule has 0 saturated heterocycles. The molecule has 2 rings (SSSR count). The quantitative estimate of drug-likeness (QED) is 0.504. The maximum absolute atomic E-state index is 8.77. The second-order valence-electron chi connectivity index (χ2n) is 2.75. The van der Waals surface area contributed by atoms with E-state index in [9.17, 15) is 0 Å². The number of nitrogens with one attached hydrogen (secondary N) is 1. The Kier molecular flexibility index (Phi) is 3.07. The van der Waals surface area contributed by atoms with Crippen molar-refractivity contribution in [3.63, 3.8) is 0 Å². The molecule has 2 aromatic rings. The maximum Gasteiger partial charge on any atom is 0.164 e.